The van der Waals surface area contributed by atoms with Crippen LogP contribution in [-0.2, 0) is 13.2 Å². The van der Waals surface area contributed by atoms with Gasteiger partial charge in [0.2, 0.25) is 0 Å². The lowest BCUT2D eigenvalue weighted by Crippen LogP contribution is -2.21. The van der Waals surface area contributed by atoms with Gasteiger partial charge in [-0.15, -0.1) is 5.10 Å². The molecule has 0 spiro atoms. The molecular formula is C29H24ClN3O6. The Balaban J connectivity index is 1.40. The van der Waals surface area contributed by atoms with E-state index in [1.54, 1.807) is 38.5 Å². The number of para-hydroxylation sites is 1. The molecule has 5 rings (SSSR count). The monoisotopic (exact) mass is 545 g/mol. The number of ether oxygens (including phenoxy) is 4. The van der Waals surface area contributed by atoms with Crippen molar-refractivity contribution in [2.75, 3.05) is 14.2 Å². The normalized spacial score (nSPS) is 10.7. The van der Waals surface area contributed by atoms with Crippen molar-refractivity contribution < 1.29 is 28.6 Å². The van der Waals surface area contributed by atoms with E-state index in [1.807, 2.05) is 54.6 Å². The van der Waals surface area contributed by atoms with Crippen LogP contribution in [0.1, 0.15) is 21.5 Å². The fourth-order valence-corrected chi connectivity index (χ4v) is 4.03. The third kappa shape index (κ3) is 5.89. The van der Waals surface area contributed by atoms with Crippen molar-refractivity contribution >= 4 is 28.6 Å². The molecular weight excluding hydrogens is 522 g/mol. The summed E-state index contributed by atoms with van der Waals surface area (Å²) in [5.41, 5.74) is 2.99. The second-order valence-corrected chi connectivity index (χ2v) is 8.74. The van der Waals surface area contributed by atoms with Crippen molar-refractivity contribution in [3.05, 3.63) is 107 Å². The molecule has 0 radical (unpaired) electrons. The Hall–Kier alpha value is -4.76. The number of nitrogens with zero attached hydrogens (tertiary/aromatic N) is 3. The first-order chi connectivity index (χ1) is 19.1. The lowest BCUT2D eigenvalue weighted by molar-refractivity contribution is 0.0408. The van der Waals surface area contributed by atoms with Crippen LogP contribution in [0.4, 0.5) is 0 Å². The molecule has 0 N–H and O–H groups in total. The van der Waals surface area contributed by atoms with Gasteiger partial charge in [-0.2, -0.15) is 0 Å². The van der Waals surface area contributed by atoms with Gasteiger partial charge in [0, 0.05) is 0 Å². The van der Waals surface area contributed by atoms with Crippen molar-refractivity contribution in [1.82, 2.24) is 15.2 Å². The van der Waals surface area contributed by atoms with E-state index >= 15 is 0 Å². The van der Waals surface area contributed by atoms with E-state index in [-0.39, 0.29) is 29.5 Å². The molecule has 0 saturated heterocycles. The summed E-state index contributed by atoms with van der Waals surface area (Å²) in [5, 5.41) is 7.95. The number of hydrogen-bond donors (Lipinski definition) is 0. The van der Waals surface area contributed by atoms with Crippen LogP contribution in [0.3, 0.4) is 0 Å². The molecule has 0 atom stereocenters. The Morgan fingerprint density at radius 1 is 0.795 bits per heavy atom. The summed E-state index contributed by atoms with van der Waals surface area (Å²) in [6.07, 6.45) is 0. The SMILES string of the molecule is COc1ccc(COc2ccc(C(=O)On3nnc4ccccc43)c(Cl)c2OCc2ccc(OC)cc2)cc1. The Labute approximate surface area is 229 Å². The minimum Gasteiger partial charge on any atom is -0.497 e. The predicted octanol–water partition coefficient (Wildman–Crippen LogP) is 5.53. The molecule has 10 heteroatoms. The van der Waals surface area contributed by atoms with E-state index in [0.717, 1.165) is 27.5 Å². The molecule has 0 amide bonds. The highest BCUT2D eigenvalue weighted by molar-refractivity contribution is 6.35. The van der Waals surface area contributed by atoms with Gasteiger partial charge in [0.1, 0.15) is 40.8 Å². The van der Waals surface area contributed by atoms with E-state index < -0.39 is 5.97 Å². The summed E-state index contributed by atoms with van der Waals surface area (Å²) >= 11 is 6.71. The molecule has 0 unspecified atom stereocenters. The van der Waals surface area contributed by atoms with Gasteiger partial charge in [-0.3, -0.25) is 0 Å². The number of fused-ring (bicyclic) bond motifs is 1. The van der Waals surface area contributed by atoms with Crippen LogP contribution in [0.25, 0.3) is 11.0 Å². The minimum atomic E-state index is -0.730. The van der Waals surface area contributed by atoms with Crippen LogP contribution in [-0.4, -0.2) is 35.3 Å². The van der Waals surface area contributed by atoms with Crippen molar-refractivity contribution in [2.24, 2.45) is 0 Å². The predicted molar refractivity (Wildman–Crippen MR) is 145 cm³/mol. The lowest BCUT2D eigenvalue weighted by atomic mass is 10.2. The van der Waals surface area contributed by atoms with Gasteiger partial charge >= 0.3 is 5.97 Å². The zero-order valence-corrected chi connectivity index (χ0v) is 21.9. The molecule has 9 nitrogen and oxygen atoms in total. The second kappa shape index (κ2) is 11.7. The highest BCUT2D eigenvalue weighted by atomic mass is 35.5. The highest BCUT2D eigenvalue weighted by Crippen LogP contribution is 2.39. The Bertz CT molecular complexity index is 1590. The second-order valence-electron chi connectivity index (χ2n) is 8.36. The molecule has 0 aliphatic rings. The molecule has 0 aliphatic carbocycles. The maximum atomic E-state index is 13.1. The molecule has 0 fully saturated rings. The first-order valence-corrected chi connectivity index (χ1v) is 12.3. The maximum absolute atomic E-state index is 13.1. The van der Waals surface area contributed by atoms with E-state index in [4.69, 9.17) is 35.4 Å². The van der Waals surface area contributed by atoms with E-state index in [9.17, 15) is 4.79 Å². The van der Waals surface area contributed by atoms with Crippen molar-refractivity contribution in [1.29, 1.82) is 0 Å². The number of halogens is 1. The number of aromatic nitrogens is 3. The third-order valence-electron chi connectivity index (χ3n) is 5.87. The molecule has 0 aliphatic heterocycles. The third-order valence-corrected chi connectivity index (χ3v) is 6.24. The summed E-state index contributed by atoms with van der Waals surface area (Å²) in [6, 6.07) is 25.1. The number of carbonyl (C=O) groups excluding carboxylic acids is 1. The summed E-state index contributed by atoms with van der Waals surface area (Å²) in [4.78, 5) is 19.6. The summed E-state index contributed by atoms with van der Waals surface area (Å²) in [5.74, 6) is 1.32. The largest absolute Gasteiger partial charge is 0.497 e. The van der Waals surface area contributed by atoms with Gasteiger partial charge < -0.3 is 23.8 Å². The van der Waals surface area contributed by atoms with Crippen LogP contribution in [0.5, 0.6) is 23.0 Å². The fraction of sp³-hybridized carbons (Fsp3) is 0.138. The summed E-state index contributed by atoms with van der Waals surface area (Å²) < 4.78 is 22.6. The quantitative estimate of drug-likeness (QED) is 0.211. The molecule has 4 aromatic carbocycles. The first-order valence-electron chi connectivity index (χ1n) is 11.9. The van der Waals surface area contributed by atoms with Gasteiger partial charge in [0.05, 0.1) is 19.8 Å². The van der Waals surface area contributed by atoms with Crippen LogP contribution >= 0.6 is 11.6 Å². The standard InChI is InChI=1S/C29H24ClN3O6/c1-35-21-11-7-19(8-12-21)17-37-26-16-15-23(29(34)39-33-25-6-4-3-5-24(25)31-32-33)27(30)28(26)38-18-20-9-13-22(36-2)14-10-20/h3-16H,17-18H2,1-2H3. The Kier molecular flexibility index (Phi) is 7.79. The van der Waals surface area contributed by atoms with E-state index in [2.05, 4.69) is 10.3 Å². The average Bonchev–Trinajstić information content (AvgIpc) is 3.38. The van der Waals surface area contributed by atoms with Gasteiger partial charge in [0.25, 0.3) is 0 Å². The van der Waals surface area contributed by atoms with E-state index in [0.29, 0.717) is 16.8 Å². The lowest BCUT2D eigenvalue weighted by Gasteiger charge is -2.16. The number of rotatable bonds is 10. The van der Waals surface area contributed by atoms with Crippen molar-refractivity contribution in [2.45, 2.75) is 13.2 Å². The number of carbonyl (C=O) groups is 1. The van der Waals surface area contributed by atoms with E-state index in [1.165, 1.54) is 6.07 Å². The molecule has 39 heavy (non-hydrogen) atoms. The Morgan fingerprint density at radius 2 is 1.41 bits per heavy atom. The van der Waals surface area contributed by atoms with Crippen LogP contribution < -0.4 is 23.8 Å². The molecule has 198 valence electrons. The fourth-order valence-electron chi connectivity index (χ4n) is 3.75. The first kappa shape index (κ1) is 25.9. The number of benzene rings is 4. The highest BCUT2D eigenvalue weighted by Gasteiger charge is 2.22. The zero-order valence-electron chi connectivity index (χ0n) is 21.2. The molecule has 1 heterocycles. The Morgan fingerprint density at radius 3 is 2.05 bits per heavy atom. The summed E-state index contributed by atoms with van der Waals surface area (Å²) in [7, 11) is 3.21. The molecule has 1 aromatic heterocycles. The van der Waals surface area contributed by atoms with Crippen molar-refractivity contribution in [3.63, 3.8) is 0 Å². The van der Waals surface area contributed by atoms with Crippen molar-refractivity contribution in [3.8, 4) is 23.0 Å². The van der Waals surface area contributed by atoms with Gasteiger partial charge in [-0.05, 0) is 64.9 Å². The molecule has 0 saturated carbocycles. The maximum Gasteiger partial charge on any atom is 0.367 e. The smallest absolute Gasteiger partial charge is 0.367 e. The van der Waals surface area contributed by atoms with Crippen LogP contribution in [0.15, 0.2) is 84.9 Å². The van der Waals surface area contributed by atoms with Gasteiger partial charge in [-0.25, -0.2) is 4.79 Å². The van der Waals surface area contributed by atoms with Gasteiger partial charge in [0.15, 0.2) is 11.5 Å². The van der Waals surface area contributed by atoms with Gasteiger partial charge in [-0.1, -0.05) is 52.8 Å². The van der Waals surface area contributed by atoms with Crippen LogP contribution in [0, 0.1) is 0 Å². The number of methoxy groups -OCH3 is 2. The minimum absolute atomic E-state index is 0.0464. The topological polar surface area (TPSA) is 93.9 Å². The number of hydrogen-bond acceptors (Lipinski definition) is 8. The zero-order chi connectivity index (χ0) is 27.2. The summed E-state index contributed by atoms with van der Waals surface area (Å²) in [6.45, 7) is 0.419. The molecule has 0 bridgehead atoms. The van der Waals surface area contributed by atoms with Crippen LogP contribution in [0.2, 0.25) is 5.02 Å². The molecule has 5 aromatic rings. The average molecular weight is 546 g/mol.